The molecule has 2 bridgehead atoms. The Hall–Kier alpha value is -4.09. The summed E-state index contributed by atoms with van der Waals surface area (Å²) in [6, 6.07) is 18.5. The molecule has 192 valence electrons. The van der Waals surface area contributed by atoms with Gasteiger partial charge in [-0.05, 0) is 47.2 Å². The van der Waals surface area contributed by atoms with Gasteiger partial charge in [0, 0.05) is 11.8 Å². The van der Waals surface area contributed by atoms with Gasteiger partial charge < -0.3 is 9.47 Å². The van der Waals surface area contributed by atoms with Crippen LogP contribution in [0.25, 0.3) is 11.1 Å². The lowest BCUT2D eigenvalue weighted by molar-refractivity contribution is -0.0748. The number of halogens is 2. The van der Waals surface area contributed by atoms with Crippen LogP contribution in [0.2, 0.25) is 0 Å². The number of piperidine rings is 1. The topological polar surface area (TPSA) is 79.6 Å². The minimum absolute atomic E-state index is 0.0733. The molecule has 2 fully saturated rings. The maximum absolute atomic E-state index is 14.5. The van der Waals surface area contributed by atoms with E-state index in [1.807, 2.05) is 24.3 Å². The summed E-state index contributed by atoms with van der Waals surface area (Å²) in [7, 11) is 0. The third kappa shape index (κ3) is 4.04. The molecule has 6 rings (SSSR count). The van der Waals surface area contributed by atoms with E-state index in [9.17, 15) is 18.4 Å². The summed E-state index contributed by atoms with van der Waals surface area (Å²) >= 11 is 0. The number of morpholine rings is 1. The highest BCUT2D eigenvalue weighted by atomic mass is 19.1. The van der Waals surface area contributed by atoms with E-state index in [2.05, 4.69) is 24.3 Å². The summed E-state index contributed by atoms with van der Waals surface area (Å²) in [6.07, 6.45) is 0.0351. The zero-order valence-electron chi connectivity index (χ0n) is 20.4. The van der Waals surface area contributed by atoms with Crippen molar-refractivity contribution in [2.75, 3.05) is 19.8 Å². The fourth-order valence-corrected chi connectivity index (χ4v) is 6.14. The molecule has 0 saturated carbocycles. The molecule has 2 atom stereocenters. The van der Waals surface area contributed by atoms with Crippen molar-refractivity contribution >= 4 is 11.9 Å². The maximum Gasteiger partial charge on any atom is 0.410 e. The molecule has 2 saturated heterocycles. The highest BCUT2D eigenvalue weighted by Gasteiger charge is 2.45. The van der Waals surface area contributed by atoms with Crippen LogP contribution in [-0.2, 0) is 9.47 Å². The van der Waals surface area contributed by atoms with E-state index in [4.69, 9.17) is 14.7 Å². The molecule has 8 heteroatoms. The smallest absolute Gasteiger partial charge is 0.410 e. The summed E-state index contributed by atoms with van der Waals surface area (Å²) < 4.78 is 40.2. The molecular formula is C30H24F2N2O4. The Morgan fingerprint density at radius 2 is 1.55 bits per heavy atom. The highest BCUT2D eigenvalue weighted by Crippen LogP contribution is 2.45. The predicted octanol–water partition coefficient (Wildman–Crippen LogP) is 5.45. The molecule has 3 aromatic rings. The van der Waals surface area contributed by atoms with Crippen molar-refractivity contribution in [1.82, 2.24) is 4.90 Å². The van der Waals surface area contributed by atoms with Crippen LogP contribution in [0, 0.1) is 28.9 Å². The van der Waals surface area contributed by atoms with Gasteiger partial charge in [0.25, 0.3) is 0 Å². The van der Waals surface area contributed by atoms with Crippen LogP contribution in [-0.4, -0.2) is 48.7 Å². The summed E-state index contributed by atoms with van der Waals surface area (Å²) in [4.78, 5) is 28.1. The van der Waals surface area contributed by atoms with Gasteiger partial charge in [-0.25, -0.2) is 13.6 Å². The van der Waals surface area contributed by atoms with Crippen molar-refractivity contribution in [2.24, 2.45) is 5.92 Å². The molecular weight excluding hydrogens is 490 g/mol. The van der Waals surface area contributed by atoms with Crippen LogP contribution in [0.5, 0.6) is 0 Å². The average Bonchev–Trinajstić information content (AvgIpc) is 3.25. The second kappa shape index (κ2) is 9.66. The van der Waals surface area contributed by atoms with Crippen LogP contribution in [0.15, 0.2) is 60.7 Å². The summed E-state index contributed by atoms with van der Waals surface area (Å²) in [5, 5.41) is 8.92. The van der Waals surface area contributed by atoms with E-state index in [1.54, 1.807) is 11.0 Å². The molecule has 6 nitrogen and oxygen atoms in total. The van der Waals surface area contributed by atoms with Gasteiger partial charge in [0.1, 0.15) is 24.3 Å². The van der Waals surface area contributed by atoms with Gasteiger partial charge in [-0.2, -0.15) is 5.26 Å². The standard InChI is InChI=1S/C30H24F2N2O4/c31-27-12-25(28(32)11-18(27)13-33)29(35)17-9-19-14-37-15-20(10-17)34(19)30(36)38-16-26-23-7-3-1-5-21(23)22-6-2-4-8-24(22)26/h1-8,11-12,17,19-20,26H,9-10,14-16H2. The molecule has 2 heterocycles. The Kier molecular flexibility index (Phi) is 6.16. The number of benzene rings is 3. The predicted molar refractivity (Wildman–Crippen MR) is 133 cm³/mol. The molecule has 3 aromatic carbocycles. The number of nitriles is 1. The first-order chi connectivity index (χ1) is 18.5. The molecule has 1 amide bonds. The average molecular weight is 515 g/mol. The Labute approximate surface area is 218 Å². The van der Waals surface area contributed by atoms with Crippen molar-refractivity contribution in [2.45, 2.75) is 30.8 Å². The lowest BCUT2D eigenvalue weighted by atomic mass is 9.80. The summed E-state index contributed by atoms with van der Waals surface area (Å²) in [5.41, 5.74) is 3.69. The van der Waals surface area contributed by atoms with Crippen molar-refractivity contribution in [3.05, 3.63) is 94.6 Å². The number of ketones is 1. The second-order valence-corrected chi connectivity index (χ2v) is 10.0. The van der Waals surface area contributed by atoms with Gasteiger partial charge in [0.15, 0.2) is 5.78 Å². The quantitative estimate of drug-likeness (QED) is 0.433. The lowest BCUT2D eigenvalue weighted by Crippen LogP contribution is -2.60. The molecule has 0 aromatic heterocycles. The number of carbonyl (C=O) groups excluding carboxylic acids is 2. The molecule has 38 heavy (non-hydrogen) atoms. The van der Waals surface area contributed by atoms with E-state index in [0.29, 0.717) is 0 Å². The van der Waals surface area contributed by atoms with E-state index in [-0.39, 0.29) is 44.1 Å². The van der Waals surface area contributed by atoms with E-state index in [1.165, 1.54) is 0 Å². The maximum atomic E-state index is 14.5. The van der Waals surface area contributed by atoms with Crippen molar-refractivity contribution in [3.63, 3.8) is 0 Å². The van der Waals surface area contributed by atoms with Crippen LogP contribution < -0.4 is 0 Å². The monoisotopic (exact) mass is 514 g/mol. The fourth-order valence-electron chi connectivity index (χ4n) is 6.14. The van der Waals surface area contributed by atoms with Crippen molar-refractivity contribution in [3.8, 4) is 17.2 Å². The van der Waals surface area contributed by atoms with Gasteiger partial charge >= 0.3 is 6.09 Å². The first kappa shape index (κ1) is 24.3. The number of fused-ring (bicyclic) bond motifs is 5. The van der Waals surface area contributed by atoms with Crippen LogP contribution in [0.4, 0.5) is 13.6 Å². The highest BCUT2D eigenvalue weighted by molar-refractivity contribution is 5.98. The zero-order chi connectivity index (χ0) is 26.4. The number of Topliss-reactive ketones (excluding diaryl/α,β-unsaturated/α-hetero) is 1. The van der Waals surface area contributed by atoms with Crippen LogP contribution in [0.1, 0.15) is 45.8 Å². The molecule has 0 spiro atoms. The molecule has 2 aliphatic heterocycles. The Morgan fingerprint density at radius 3 is 2.16 bits per heavy atom. The second-order valence-electron chi connectivity index (χ2n) is 10.0. The number of hydrogen-bond acceptors (Lipinski definition) is 5. The van der Waals surface area contributed by atoms with Crippen molar-refractivity contribution < 1.29 is 27.8 Å². The Bertz CT molecular complexity index is 1420. The van der Waals surface area contributed by atoms with Crippen molar-refractivity contribution in [1.29, 1.82) is 5.26 Å². The van der Waals surface area contributed by atoms with Gasteiger partial charge in [0.2, 0.25) is 0 Å². The molecule has 3 aliphatic rings. The van der Waals surface area contributed by atoms with Crippen LogP contribution >= 0.6 is 0 Å². The number of amides is 1. The molecule has 1 aliphatic carbocycles. The normalized spacial score (nSPS) is 21.8. The van der Waals surface area contributed by atoms with Crippen LogP contribution in [0.3, 0.4) is 0 Å². The number of nitrogens with zero attached hydrogens (tertiary/aromatic N) is 2. The van der Waals surface area contributed by atoms with Gasteiger partial charge in [-0.1, -0.05) is 48.5 Å². The number of carbonyl (C=O) groups is 2. The number of hydrogen-bond donors (Lipinski definition) is 0. The molecule has 0 N–H and O–H groups in total. The summed E-state index contributed by atoms with van der Waals surface area (Å²) in [5.74, 6) is -3.07. The Balaban J connectivity index is 1.17. The van der Waals surface area contributed by atoms with E-state index < -0.39 is 47.1 Å². The lowest BCUT2D eigenvalue weighted by Gasteiger charge is -2.47. The first-order valence-corrected chi connectivity index (χ1v) is 12.6. The molecule has 2 unspecified atom stereocenters. The van der Waals surface area contributed by atoms with Gasteiger partial charge in [-0.3, -0.25) is 9.69 Å². The summed E-state index contributed by atoms with van der Waals surface area (Å²) in [6.45, 7) is 0.644. The first-order valence-electron chi connectivity index (χ1n) is 12.6. The number of rotatable bonds is 4. The third-order valence-corrected chi connectivity index (χ3v) is 7.88. The largest absolute Gasteiger partial charge is 0.448 e. The third-order valence-electron chi connectivity index (χ3n) is 7.88. The minimum Gasteiger partial charge on any atom is -0.448 e. The SMILES string of the molecule is N#Cc1cc(F)c(C(=O)C2CC3COCC(C2)N3C(=O)OCC2c3ccccc3-c3ccccc32)cc1F. The van der Waals surface area contributed by atoms with E-state index in [0.717, 1.165) is 34.4 Å². The fraction of sp³-hybridized carbons (Fsp3) is 0.300. The number of ether oxygens (including phenoxy) is 2. The van der Waals surface area contributed by atoms with Gasteiger partial charge in [0.05, 0.1) is 36.4 Å². The van der Waals surface area contributed by atoms with E-state index >= 15 is 0 Å². The zero-order valence-corrected chi connectivity index (χ0v) is 20.4. The minimum atomic E-state index is -0.933. The molecule has 0 radical (unpaired) electrons. The van der Waals surface area contributed by atoms with Gasteiger partial charge in [-0.15, -0.1) is 0 Å². The Morgan fingerprint density at radius 1 is 0.947 bits per heavy atom.